The number of hydrogen-bond donors (Lipinski definition) is 0. The Morgan fingerprint density at radius 2 is 1.30 bits per heavy atom. The van der Waals surface area contributed by atoms with Gasteiger partial charge in [-0.05, 0) is 12.2 Å². The molecule has 0 aromatic carbocycles. The van der Waals surface area contributed by atoms with Crippen LogP contribution in [0.1, 0.15) is 0 Å². The van der Waals surface area contributed by atoms with Gasteiger partial charge in [0.05, 0.1) is 12.1 Å². The zero-order chi connectivity index (χ0) is 6.81. The van der Waals surface area contributed by atoms with Crippen LogP contribution in [0, 0.1) is 0 Å². The predicted octanol–water partition coefficient (Wildman–Crippen LogP) is 1.00. The van der Waals surface area contributed by atoms with Gasteiger partial charge in [0, 0.05) is 12.4 Å². The van der Waals surface area contributed by atoms with Gasteiger partial charge in [-0.25, -0.2) is 0 Å². The molecule has 2 aliphatic rings. The van der Waals surface area contributed by atoms with Crippen LogP contribution in [0.3, 0.4) is 0 Å². The van der Waals surface area contributed by atoms with E-state index in [1.165, 1.54) is 0 Å². The molecule has 0 fully saturated rings. The Kier molecular flexibility index (Phi) is 1.24. The summed E-state index contributed by atoms with van der Waals surface area (Å²) in [4.78, 5) is 8.48. The Labute approximate surface area is 59.7 Å². The van der Waals surface area contributed by atoms with E-state index in [4.69, 9.17) is 0 Å². The van der Waals surface area contributed by atoms with E-state index in [9.17, 15) is 0 Å². The molecule has 0 radical (unpaired) electrons. The lowest BCUT2D eigenvalue weighted by Crippen LogP contribution is -2.22. The molecular weight excluding hydrogens is 124 g/mol. The molecule has 0 saturated carbocycles. The maximum Gasteiger partial charge on any atom is 0.0942 e. The predicted molar refractivity (Wildman–Crippen MR) is 42.8 cm³/mol. The third-order valence-electron chi connectivity index (χ3n) is 1.66. The first-order valence-corrected chi connectivity index (χ1v) is 3.37. The summed E-state index contributed by atoms with van der Waals surface area (Å²) in [6.45, 7) is 0. The molecule has 0 aromatic rings. The molecule has 0 aromatic heterocycles. The number of allylic oxidation sites excluding steroid dienone is 2. The van der Waals surface area contributed by atoms with E-state index in [2.05, 4.69) is 22.1 Å². The summed E-state index contributed by atoms with van der Waals surface area (Å²) in [6, 6.07) is 0.519. The molecule has 0 amide bonds. The van der Waals surface area contributed by atoms with Crippen molar-refractivity contribution in [3.63, 3.8) is 0 Å². The fourth-order valence-corrected chi connectivity index (χ4v) is 1.13. The second kappa shape index (κ2) is 2.21. The van der Waals surface area contributed by atoms with Gasteiger partial charge in [-0.3, -0.25) is 9.98 Å². The quantitative estimate of drug-likeness (QED) is 0.470. The van der Waals surface area contributed by atoms with E-state index >= 15 is 0 Å². The second-order valence-corrected chi connectivity index (χ2v) is 2.35. The topological polar surface area (TPSA) is 24.7 Å². The van der Waals surface area contributed by atoms with E-state index in [0.717, 1.165) is 0 Å². The SMILES string of the molecule is C1=CC2N=CC=CC2N=C1. The molecular formula is C8H8N2. The zero-order valence-electron chi connectivity index (χ0n) is 5.51. The van der Waals surface area contributed by atoms with E-state index in [0.29, 0.717) is 0 Å². The fourth-order valence-electron chi connectivity index (χ4n) is 1.13. The lowest BCUT2D eigenvalue weighted by atomic mass is 10.1. The van der Waals surface area contributed by atoms with Gasteiger partial charge in [0.25, 0.3) is 0 Å². The van der Waals surface area contributed by atoms with Crippen LogP contribution in [0.2, 0.25) is 0 Å². The normalized spacial score (nSPS) is 34.4. The highest BCUT2D eigenvalue weighted by Crippen LogP contribution is 2.12. The molecule has 0 saturated heterocycles. The van der Waals surface area contributed by atoms with Crippen LogP contribution in [0.15, 0.2) is 34.3 Å². The van der Waals surface area contributed by atoms with Gasteiger partial charge in [-0.2, -0.15) is 0 Å². The summed E-state index contributed by atoms with van der Waals surface area (Å²) in [5.74, 6) is 0. The van der Waals surface area contributed by atoms with Gasteiger partial charge >= 0.3 is 0 Å². The summed E-state index contributed by atoms with van der Waals surface area (Å²) in [6.07, 6.45) is 11.7. The number of aliphatic imine (C=N–C) groups is 2. The molecule has 0 aliphatic carbocycles. The first-order valence-electron chi connectivity index (χ1n) is 3.37. The standard InChI is InChI=1S/C8H8N2/c1-3-7-8(9-5-1)4-2-6-10-7/h1-8H. The van der Waals surface area contributed by atoms with Gasteiger partial charge in [0.2, 0.25) is 0 Å². The maximum absolute atomic E-state index is 4.24. The number of rotatable bonds is 0. The average Bonchev–Trinajstić information content (AvgIpc) is 2.05. The Balaban J connectivity index is 2.28. The van der Waals surface area contributed by atoms with Gasteiger partial charge in [-0.1, -0.05) is 12.2 Å². The first-order chi connectivity index (χ1) is 4.97. The van der Waals surface area contributed by atoms with Crippen molar-refractivity contribution in [1.29, 1.82) is 0 Å². The van der Waals surface area contributed by atoms with Crippen molar-refractivity contribution in [1.82, 2.24) is 0 Å². The molecule has 0 spiro atoms. The molecule has 2 rings (SSSR count). The minimum absolute atomic E-state index is 0.259. The lowest BCUT2D eigenvalue weighted by molar-refractivity contribution is 0.703. The van der Waals surface area contributed by atoms with Crippen LogP contribution in [0.4, 0.5) is 0 Å². The maximum atomic E-state index is 4.24. The highest BCUT2D eigenvalue weighted by Gasteiger charge is 2.16. The summed E-state index contributed by atoms with van der Waals surface area (Å²) < 4.78 is 0. The first kappa shape index (κ1) is 5.59. The summed E-state index contributed by atoms with van der Waals surface area (Å²) in [7, 11) is 0. The van der Waals surface area contributed by atoms with Gasteiger partial charge in [-0.15, -0.1) is 0 Å². The fraction of sp³-hybridized carbons (Fsp3) is 0.250. The van der Waals surface area contributed by atoms with E-state index in [-0.39, 0.29) is 12.1 Å². The molecule has 2 atom stereocenters. The van der Waals surface area contributed by atoms with Crippen molar-refractivity contribution < 1.29 is 0 Å². The van der Waals surface area contributed by atoms with Crippen LogP contribution in [0.25, 0.3) is 0 Å². The number of fused-ring (bicyclic) bond motifs is 1. The van der Waals surface area contributed by atoms with Crippen LogP contribution >= 0.6 is 0 Å². The smallest absolute Gasteiger partial charge is 0.0942 e. The molecule has 10 heavy (non-hydrogen) atoms. The van der Waals surface area contributed by atoms with Gasteiger partial charge in [0.1, 0.15) is 0 Å². The van der Waals surface area contributed by atoms with Crippen molar-refractivity contribution in [3.8, 4) is 0 Å². The monoisotopic (exact) mass is 132 g/mol. The van der Waals surface area contributed by atoms with Crippen LogP contribution in [-0.2, 0) is 0 Å². The summed E-state index contributed by atoms with van der Waals surface area (Å²) >= 11 is 0. The zero-order valence-corrected chi connectivity index (χ0v) is 5.51. The molecule has 2 heteroatoms. The Hall–Kier alpha value is -1.18. The van der Waals surface area contributed by atoms with Gasteiger partial charge in [0.15, 0.2) is 0 Å². The number of dihydropyridines is 2. The van der Waals surface area contributed by atoms with Crippen LogP contribution in [0.5, 0.6) is 0 Å². The molecule has 2 unspecified atom stereocenters. The van der Waals surface area contributed by atoms with Gasteiger partial charge < -0.3 is 0 Å². The average molecular weight is 132 g/mol. The highest BCUT2D eigenvalue weighted by atomic mass is 14.9. The van der Waals surface area contributed by atoms with E-state index < -0.39 is 0 Å². The van der Waals surface area contributed by atoms with E-state index in [1.807, 2.05) is 24.6 Å². The van der Waals surface area contributed by atoms with Crippen molar-refractivity contribution in [2.45, 2.75) is 12.1 Å². The summed E-state index contributed by atoms with van der Waals surface area (Å²) in [5, 5.41) is 0. The lowest BCUT2D eigenvalue weighted by Gasteiger charge is -2.18. The van der Waals surface area contributed by atoms with Crippen molar-refractivity contribution >= 4 is 12.4 Å². The van der Waals surface area contributed by atoms with E-state index in [1.54, 1.807) is 0 Å². The van der Waals surface area contributed by atoms with Crippen molar-refractivity contribution in [2.75, 3.05) is 0 Å². The minimum atomic E-state index is 0.259. The molecule has 50 valence electrons. The molecule has 2 heterocycles. The molecule has 2 nitrogen and oxygen atoms in total. The Morgan fingerprint density at radius 3 is 1.80 bits per heavy atom. The number of nitrogens with zero attached hydrogens (tertiary/aromatic N) is 2. The molecule has 0 bridgehead atoms. The number of hydrogen-bond acceptors (Lipinski definition) is 2. The second-order valence-electron chi connectivity index (χ2n) is 2.35. The highest BCUT2D eigenvalue weighted by molar-refractivity contribution is 5.77. The Morgan fingerprint density at radius 1 is 0.800 bits per heavy atom. The van der Waals surface area contributed by atoms with Crippen molar-refractivity contribution in [2.24, 2.45) is 9.98 Å². The van der Waals surface area contributed by atoms with Crippen LogP contribution < -0.4 is 0 Å². The van der Waals surface area contributed by atoms with Crippen LogP contribution in [-0.4, -0.2) is 24.5 Å². The molecule has 2 aliphatic heterocycles. The van der Waals surface area contributed by atoms with Crippen molar-refractivity contribution in [3.05, 3.63) is 24.3 Å². The third-order valence-corrected chi connectivity index (χ3v) is 1.66. The Bertz CT molecular complexity index is 186. The minimum Gasteiger partial charge on any atom is -0.283 e. The largest absolute Gasteiger partial charge is 0.283 e. The summed E-state index contributed by atoms with van der Waals surface area (Å²) in [5.41, 5.74) is 0. The third kappa shape index (κ3) is 0.817. The molecule has 0 N–H and O–H groups in total.